The number of ether oxygens (including phenoxy) is 2. The molecule has 1 aliphatic carbocycles. The Balaban J connectivity index is 1.77. The van der Waals surface area contributed by atoms with E-state index in [9.17, 15) is 14.7 Å². The molecule has 0 aliphatic heterocycles. The van der Waals surface area contributed by atoms with Crippen LogP contribution in [0, 0.1) is 5.92 Å². The van der Waals surface area contributed by atoms with E-state index >= 15 is 0 Å². The molecule has 1 saturated carbocycles. The minimum absolute atomic E-state index is 0.0221. The van der Waals surface area contributed by atoms with Crippen LogP contribution in [0.4, 0.5) is 0 Å². The van der Waals surface area contributed by atoms with Gasteiger partial charge in [-0.2, -0.15) is 0 Å². The van der Waals surface area contributed by atoms with Gasteiger partial charge in [-0.25, -0.2) is 0 Å². The predicted octanol–water partition coefficient (Wildman–Crippen LogP) is 4.96. The number of carbonyl (C=O) groups excluding carboxylic acids is 1. The molecule has 0 spiro atoms. The van der Waals surface area contributed by atoms with Crippen LogP contribution >= 0.6 is 11.6 Å². The molecule has 0 saturated heterocycles. The van der Waals surface area contributed by atoms with E-state index in [2.05, 4.69) is 0 Å². The maximum Gasteiger partial charge on any atom is 0.197 e. The van der Waals surface area contributed by atoms with Crippen LogP contribution in [0.1, 0.15) is 26.7 Å². The van der Waals surface area contributed by atoms with E-state index in [1.165, 1.54) is 18.2 Å². The molecule has 156 valence electrons. The monoisotopic (exact) mass is 428 g/mol. The summed E-state index contributed by atoms with van der Waals surface area (Å²) >= 11 is 6.20. The van der Waals surface area contributed by atoms with Crippen molar-refractivity contribution in [2.45, 2.75) is 32.8 Å². The van der Waals surface area contributed by atoms with E-state index < -0.39 is 5.43 Å². The van der Waals surface area contributed by atoms with Gasteiger partial charge in [-0.1, -0.05) is 11.6 Å². The van der Waals surface area contributed by atoms with Gasteiger partial charge in [0.15, 0.2) is 11.0 Å². The molecule has 1 N–H and O–H groups in total. The van der Waals surface area contributed by atoms with Gasteiger partial charge >= 0.3 is 0 Å². The van der Waals surface area contributed by atoms with Gasteiger partial charge in [0.1, 0.15) is 40.3 Å². The molecule has 7 heteroatoms. The normalized spacial score (nSPS) is 18.1. The first-order valence-corrected chi connectivity index (χ1v) is 10.1. The van der Waals surface area contributed by atoms with Crippen molar-refractivity contribution in [3.63, 3.8) is 0 Å². The molecule has 1 fully saturated rings. The summed E-state index contributed by atoms with van der Waals surface area (Å²) in [4.78, 5) is 24.2. The zero-order chi connectivity index (χ0) is 21.4. The quantitative estimate of drug-likeness (QED) is 0.597. The zero-order valence-corrected chi connectivity index (χ0v) is 17.4. The number of hydrogen-bond acceptors (Lipinski definition) is 6. The van der Waals surface area contributed by atoms with Gasteiger partial charge in [0.2, 0.25) is 0 Å². The van der Waals surface area contributed by atoms with E-state index in [1.807, 2.05) is 6.92 Å². The third-order valence-corrected chi connectivity index (χ3v) is 5.60. The number of halogens is 1. The Morgan fingerprint density at radius 3 is 2.70 bits per heavy atom. The number of phenols is 1. The second-order valence-corrected chi connectivity index (χ2v) is 7.76. The van der Waals surface area contributed by atoms with Crippen molar-refractivity contribution >= 4 is 28.4 Å². The lowest BCUT2D eigenvalue weighted by Gasteiger charge is -2.34. The van der Waals surface area contributed by atoms with E-state index in [1.54, 1.807) is 25.1 Å². The summed E-state index contributed by atoms with van der Waals surface area (Å²) in [5.41, 5.74) is 0.258. The van der Waals surface area contributed by atoms with E-state index in [0.29, 0.717) is 36.5 Å². The van der Waals surface area contributed by atoms with Crippen molar-refractivity contribution in [2.75, 3.05) is 6.61 Å². The fraction of sp³-hybridized carbons (Fsp3) is 0.304. The van der Waals surface area contributed by atoms with Crippen LogP contribution in [0.15, 0.2) is 45.6 Å². The number of aromatic hydroxyl groups is 1. The molecular weight excluding hydrogens is 408 g/mol. The highest BCUT2D eigenvalue weighted by Crippen LogP contribution is 2.40. The van der Waals surface area contributed by atoms with Gasteiger partial charge in [0.25, 0.3) is 0 Å². The molecule has 0 atom stereocenters. The first kappa shape index (κ1) is 20.3. The van der Waals surface area contributed by atoms with Gasteiger partial charge in [0.05, 0.1) is 17.2 Å². The Morgan fingerprint density at radius 2 is 2.00 bits per heavy atom. The molecule has 4 rings (SSSR count). The van der Waals surface area contributed by atoms with Gasteiger partial charge in [0, 0.05) is 18.1 Å². The van der Waals surface area contributed by atoms with Crippen molar-refractivity contribution in [3.8, 4) is 28.6 Å². The average molecular weight is 429 g/mol. The standard InChI is InChI=1S/C23H21ClO6/c1-3-28-14-4-5-16(20(10-14)29-15-8-13(9-15)12(2)25)21-11-19(27)22-18(26)7-6-17(24)23(22)30-21/h4-7,10-11,13,15,26H,3,8-9H2,1-2H3/t13-,15+. The summed E-state index contributed by atoms with van der Waals surface area (Å²) < 4.78 is 17.6. The maximum absolute atomic E-state index is 12.7. The van der Waals surface area contributed by atoms with E-state index in [0.717, 1.165) is 0 Å². The second kappa shape index (κ2) is 8.03. The number of carbonyl (C=O) groups is 1. The summed E-state index contributed by atoms with van der Waals surface area (Å²) in [6.45, 7) is 3.97. The second-order valence-electron chi connectivity index (χ2n) is 7.36. The zero-order valence-electron chi connectivity index (χ0n) is 16.6. The third-order valence-electron chi connectivity index (χ3n) is 5.30. The van der Waals surface area contributed by atoms with Crippen LogP contribution in [0.25, 0.3) is 22.3 Å². The van der Waals surface area contributed by atoms with Crippen LogP contribution < -0.4 is 14.9 Å². The Labute approximate surface area is 178 Å². The molecule has 0 radical (unpaired) electrons. The van der Waals surface area contributed by atoms with Crippen LogP contribution in [0.5, 0.6) is 17.2 Å². The highest BCUT2D eigenvalue weighted by Gasteiger charge is 2.34. The van der Waals surface area contributed by atoms with Gasteiger partial charge in [-0.15, -0.1) is 0 Å². The first-order chi connectivity index (χ1) is 14.4. The van der Waals surface area contributed by atoms with Crippen molar-refractivity contribution < 1.29 is 23.8 Å². The number of ketones is 1. The summed E-state index contributed by atoms with van der Waals surface area (Å²) in [5.74, 6) is 1.37. The lowest BCUT2D eigenvalue weighted by atomic mass is 9.80. The molecular formula is C23H21ClO6. The van der Waals surface area contributed by atoms with Crippen molar-refractivity contribution in [3.05, 3.63) is 51.6 Å². The highest BCUT2D eigenvalue weighted by molar-refractivity contribution is 6.35. The number of phenolic OH excluding ortho intramolecular Hbond substituents is 1. The van der Waals surface area contributed by atoms with Crippen LogP contribution in [0.2, 0.25) is 5.02 Å². The largest absolute Gasteiger partial charge is 0.507 e. The maximum atomic E-state index is 12.7. The topological polar surface area (TPSA) is 86.0 Å². The molecule has 1 heterocycles. The van der Waals surface area contributed by atoms with Crippen molar-refractivity contribution in [1.29, 1.82) is 0 Å². The van der Waals surface area contributed by atoms with Crippen molar-refractivity contribution in [1.82, 2.24) is 0 Å². The minimum Gasteiger partial charge on any atom is -0.507 e. The molecule has 3 aromatic rings. The number of rotatable bonds is 6. The number of benzene rings is 2. The fourth-order valence-corrected chi connectivity index (χ4v) is 3.78. The summed E-state index contributed by atoms with van der Waals surface area (Å²) in [5, 5.41) is 10.3. The third kappa shape index (κ3) is 3.75. The highest BCUT2D eigenvalue weighted by atomic mass is 35.5. The van der Waals surface area contributed by atoms with E-state index in [4.69, 9.17) is 25.5 Å². The minimum atomic E-state index is -0.411. The van der Waals surface area contributed by atoms with E-state index in [-0.39, 0.29) is 45.3 Å². The van der Waals surface area contributed by atoms with Gasteiger partial charge in [-0.3, -0.25) is 9.59 Å². The number of hydrogen-bond donors (Lipinski definition) is 1. The van der Waals surface area contributed by atoms with Gasteiger partial charge < -0.3 is 19.0 Å². The molecule has 6 nitrogen and oxygen atoms in total. The molecule has 0 bridgehead atoms. The predicted molar refractivity (Wildman–Crippen MR) is 114 cm³/mol. The summed E-state index contributed by atoms with van der Waals surface area (Å²) in [6, 6.07) is 9.39. The lowest BCUT2D eigenvalue weighted by Crippen LogP contribution is -2.37. The van der Waals surface area contributed by atoms with Crippen LogP contribution in [-0.4, -0.2) is 23.6 Å². The first-order valence-electron chi connectivity index (χ1n) is 9.77. The van der Waals surface area contributed by atoms with Crippen LogP contribution in [-0.2, 0) is 4.79 Å². The molecule has 0 amide bonds. The fourth-order valence-electron chi connectivity index (χ4n) is 3.58. The molecule has 1 aromatic heterocycles. The molecule has 1 aliphatic rings. The Kier molecular flexibility index (Phi) is 5.43. The number of Topliss-reactive ketones (excluding diaryl/α,β-unsaturated/α-hetero) is 1. The molecule has 0 unspecified atom stereocenters. The average Bonchev–Trinajstić information content (AvgIpc) is 2.67. The lowest BCUT2D eigenvalue weighted by molar-refractivity contribution is -0.126. The smallest absolute Gasteiger partial charge is 0.197 e. The van der Waals surface area contributed by atoms with Gasteiger partial charge in [-0.05, 0) is 51.0 Å². The Bertz CT molecular complexity index is 1180. The summed E-state index contributed by atoms with van der Waals surface area (Å²) in [7, 11) is 0. The Morgan fingerprint density at radius 1 is 1.23 bits per heavy atom. The molecule has 2 aromatic carbocycles. The molecule has 30 heavy (non-hydrogen) atoms. The Hall–Kier alpha value is -2.99. The van der Waals surface area contributed by atoms with Crippen LogP contribution in [0.3, 0.4) is 0 Å². The number of fused-ring (bicyclic) bond motifs is 1. The van der Waals surface area contributed by atoms with Crippen molar-refractivity contribution in [2.24, 2.45) is 5.92 Å². The summed E-state index contributed by atoms with van der Waals surface area (Å²) in [6.07, 6.45) is 1.19. The SMILES string of the molecule is CCOc1ccc(-c2cc(=O)c3c(O)ccc(Cl)c3o2)c(O[C@H]2C[C@@H](C(C)=O)C2)c1.